The first-order chi connectivity index (χ1) is 26.1. The van der Waals surface area contributed by atoms with E-state index in [1.807, 2.05) is 24.3 Å². The highest BCUT2D eigenvalue weighted by Gasteiger charge is 2.62. The van der Waals surface area contributed by atoms with Crippen LogP contribution in [0.25, 0.3) is 0 Å². The SMILES string of the molecule is C.CO.COC(=O)c1cccc(C2(O)[C@H]3Cc4ccc(C)cc4[C@@]2(C)CCN3C)c1.Cc1ccc2c(c1)[C@@]1(C)CCN(C)[C@H](C2)C1(O)c1cccc(C(N)=O)c1. The standard InChI is InChI=1S/C23H27NO3.C22H26N2O2.CH4O.CH4/c1-15-8-9-16-14-20-23(26,18-7-5-6-17(13-18)21(25)27-4)22(2,19(16)12-15)10-11-24(20)3;1-14-7-8-15-13-19-22(26,17-6-4-5-16(12-17)20(23)25)21(2,18(15)11-14)9-10-24(19)3;1-2;/h5-9,12-13,20,26H,10-11,14H2,1-4H3;4-8,11-12,19,26H,9-10,13H2,1-3H3,(H2,23,25);2H,1H3;1H4/t20-,22-,23?;19-,21-,22?;;/m11../s1. The second kappa shape index (κ2) is 15.9. The summed E-state index contributed by atoms with van der Waals surface area (Å²) in [6.07, 6.45) is 3.29. The first-order valence-corrected chi connectivity index (χ1v) is 19.2. The van der Waals surface area contributed by atoms with Crippen LogP contribution in [-0.4, -0.2) is 90.5 Å². The maximum Gasteiger partial charge on any atom is 0.337 e. The van der Waals surface area contributed by atoms with Gasteiger partial charge in [-0.3, -0.25) is 14.6 Å². The number of hydrogen-bond donors (Lipinski definition) is 4. The number of benzene rings is 4. The molecule has 2 saturated heterocycles. The molecule has 9 heteroatoms. The molecule has 2 aliphatic carbocycles. The number of methoxy groups -OCH3 is 1. The minimum atomic E-state index is -1.08. The Hall–Kier alpha value is -4.38. The fraction of sp³-hybridized carbons (Fsp3) is 0.447. The largest absolute Gasteiger partial charge is 0.465 e. The Morgan fingerprint density at radius 1 is 0.696 bits per heavy atom. The number of esters is 1. The van der Waals surface area contributed by atoms with Gasteiger partial charge in [0.05, 0.1) is 12.7 Å². The minimum Gasteiger partial charge on any atom is -0.465 e. The van der Waals surface area contributed by atoms with Crippen molar-refractivity contribution in [3.63, 3.8) is 0 Å². The zero-order valence-electron chi connectivity index (χ0n) is 33.5. The topological polar surface area (TPSA) is 137 Å². The molecule has 6 atom stereocenters. The Bertz CT molecular complexity index is 2100. The maximum absolute atomic E-state index is 12.3. The Balaban J connectivity index is 0.000000202. The molecule has 2 unspecified atom stereocenters. The minimum absolute atomic E-state index is 0. The first kappa shape index (κ1) is 42.8. The molecule has 5 N–H and O–H groups in total. The summed E-state index contributed by atoms with van der Waals surface area (Å²) in [4.78, 5) is 28.3. The third-order valence-corrected chi connectivity index (χ3v) is 13.5. The van der Waals surface area contributed by atoms with E-state index in [0.717, 1.165) is 57.0 Å². The number of ether oxygens (including phenoxy) is 1. The number of amides is 1. The summed E-state index contributed by atoms with van der Waals surface area (Å²) in [5.74, 6) is -0.845. The Morgan fingerprint density at radius 3 is 1.52 bits per heavy atom. The van der Waals surface area contributed by atoms with Crippen LogP contribution in [-0.2, 0) is 39.6 Å². The van der Waals surface area contributed by atoms with Gasteiger partial charge in [0.2, 0.25) is 5.91 Å². The van der Waals surface area contributed by atoms with Gasteiger partial charge in [-0.25, -0.2) is 4.79 Å². The van der Waals surface area contributed by atoms with E-state index in [1.165, 1.54) is 40.5 Å². The molecule has 300 valence electrons. The van der Waals surface area contributed by atoms with Crippen LogP contribution in [0.2, 0.25) is 0 Å². The molecule has 4 aliphatic rings. The van der Waals surface area contributed by atoms with Gasteiger partial charge in [-0.05, 0) is 124 Å². The van der Waals surface area contributed by atoms with Gasteiger partial charge in [0, 0.05) is 35.6 Å². The summed E-state index contributed by atoms with van der Waals surface area (Å²) >= 11 is 0. The smallest absolute Gasteiger partial charge is 0.337 e. The van der Waals surface area contributed by atoms with Crippen molar-refractivity contribution in [1.82, 2.24) is 9.80 Å². The lowest BCUT2D eigenvalue weighted by atomic mass is 9.53. The number of rotatable bonds is 4. The number of hydrogen-bond acceptors (Lipinski definition) is 8. The van der Waals surface area contributed by atoms with Crippen molar-refractivity contribution >= 4 is 11.9 Å². The quantitative estimate of drug-likeness (QED) is 0.188. The lowest BCUT2D eigenvalue weighted by Crippen LogP contribution is -2.67. The summed E-state index contributed by atoms with van der Waals surface area (Å²) in [5.41, 5.74) is 12.5. The van der Waals surface area contributed by atoms with E-state index >= 15 is 0 Å². The van der Waals surface area contributed by atoms with E-state index in [2.05, 4.69) is 88.0 Å². The molecule has 0 aromatic heterocycles. The van der Waals surface area contributed by atoms with Crippen molar-refractivity contribution in [3.8, 4) is 0 Å². The molecule has 4 aromatic carbocycles. The average molecular weight is 764 g/mol. The van der Waals surface area contributed by atoms with Crippen LogP contribution in [0, 0.1) is 13.8 Å². The Morgan fingerprint density at radius 2 is 1.11 bits per heavy atom. The van der Waals surface area contributed by atoms with Crippen LogP contribution in [0.15, 0.2) is 84.9 Å². The normalized spacial score (nSPS) is 28.8. The third-order valence-electron chi connectivity index (χ3n) is 13.5. The van der Waals surface area contributed by atoms with Gasteiger partial charge in [-0.15, -0.1) is 0 Å². The predicted molar refractivity (Wildman–Crippen MR) is 222 cm³/mol. The van der Waals surface area contributed by atoms with Crippen molar-refractivity contribution in [1.29, 1.82) is 0 Å². The number of aryl methyl sites for hydroxylation is 2. The number of aliphatic hydroxyl groups is 3. The molecule has 0 radical (unpaired) electrons. The van der Waals surface area contributed by atoms with E-state index in [0.29, 0.717) is 11.1 Å². The highest BCUT2D eigenvalue weighted by Crippen LogP contribution is 2.57. The summed E-state index contributed by atoms with van der Waals surface area (Å²) in [5, 5.41) is 31.5. The fourth-order valence-electron chi connectivity index (χ4n) is 10.3. The van der Waals surface area contributed by atoms with Crippen LogP contribution in [0.4, 0.5) is 0 Å². The summed E-state index contributed by atoms with van der Waals surface area (Å²) < 4.78 is 4.89. The van der Waals surface area contributed by atoms with Crippen molar-refractivity contribution < 1.29 is 29.6 Å². The number of likely N-dealkylation sites (N-methyl/N-ethyl adjacent to an activating group) is 2. The van der Waals surface area contributed by atoms with E-state index in [-0.39, 0.29) is 25.5 Å². The highest BCUT2D eigenvalue weighted by atomic mass is 16.5. The molecule has 2 fully saturated rings. The Labute approximate surface area is 333 Å². The molecule has 0 spiro atoms. The van der Waals surface area contributed by atoms with Crippen LogP contribution >= 0.6 is 0 Å². The van der Waals surface area contributed by atoms with Crippen LogP contribution in [0.3, 0.4) is 0 Å². The van der Waals surface area contributed by atoms with Crippen molar-refractivity contribution in [3.05, 3.63) is 141 Å². The van der Waals surface area contributed by atoms with Gasteiger partial charge < -0.3 is 25.8 Å². The molecule has 2 heterocycles. The van der Waals surface area contributed by atoms with Crippen LogP contribution < -0.4 is 5.73 Å². The van der Waals surface area contributed by atoms with Crippen molar-refractivity contribution in [2.75, 3.05) is 41.4 Å². The number of primary amides is 1. The van der Waals surface area contributed by atoms with Crippen LogP contribution in [0.1, 0.15) is 99.3 Å². The zero-order chi connectivity index (χ0) is 40.1. The summed E-state index contributed by atoms with van der Waals surface area (Å²) in [6.45, 7) is 10.4. The number of nitrogens with two attached hydrogens (primary N) is 1. The maximum atomic E-state index is 12.3. The highest BCUT2D eigenvalue weighted by molar-refractivity contribution is 5.93. The van der Waals surface area contributed by atoms with Gasteiger partial charge in [-0.1, -0.05) is 93.1 Å². The van der Waals surface area contributed by atoms with Crippen LogP contribution in [0.5, 0.6) is 0 Å². The number of piperidine rings is 2. The third kappa shape index (κ3) is 6.57. The first-order valence-electron chi connectivity index (χ1n) is 19.2. The lowest BCUT2D eigenvalue weighted by Gasteiger charge is -2.60. The monoisotopic (exact) mass is 763 g/mol. The molecular weight excluding hydrogens is 703 g/mol. The van der Waals surface area contributed by atoms with Gasteiger partial charge in [0.25, 0.3) is 0 Å². The van der Waals surface area contributed by atoms with Gasteiger partial charge in [0.1, 0.15) is 11.2 Å². The number of carbonyl (C=O) groups excluding carboxylic acids is 2. The second-order valence-electron chi connectivity index (χ2n) is 16.4. The number of nitrogens with zero attached hydrogens (tertiary/aromatic N) is 2. The second-order valence-corrected chi connectivity index (χ2v) is 16.4. The number of carbonyl (C=O) groups is 2. The van der Waals surface area contributed by atoms with Crippen molar-refractivity contribution in [2.45, 2.75) is 94.9 Å². The molecule has 2 aliphatic heterocycles. The fourth-order valence-corrected chi connectivity index (χ4v) is 10.3. The van der Waals surface area contributed by atoms with Crippen molar-refractivity contribution in [2.24, 2.45) is 5.73 Å². The molecule has 56 heavy (non-hydrogen) atoms. The van der Waals surface area contributed by atoms with E-state index in [9.17, 15) is 19.8 Å². The van der Waals surface area contributed by atoms with Gasteiger partial charge in [-0.2, -0.15) is 0 Å². The summed E-state index contributed by atoms with van der Waals surface area (Å²) in [7, 11) is 6.54. The number of likely N-dealkylation sites (tertiary alicyclic amines) is 2. The summed E-state index contributed by atoms with van der Waals surface area (Å²) in [6, 6.07) is 27.6. The van der Waals surface area contributed by atoms with E-state index in [4.69, 9.17) is 15.6 Å². The van der Waals surface area contributed by atoms with Gasteiger partial charge in [0.15, 0.2) is 0 Å². The van der Waals surface area contributed by atoms with E-state index < -0.39 is 27.9 Å². The predicted octanol–water partition coefficient (Wildman–Crippen LogP) is 5.93. The molecule has 0 saturated carbocycles. The van der Waals surface area contributed by atoms with E-state index in [1.54, 1.807) is 24.3 Å². The molecule has 4 bridgehead atoms. The van der Waals surface area contributed by atoms with Gasteiger partial charge >= 0.3 is 5.97 Å². The molecule has 9 nitrogen and oxygen atoms in total. The molecule has 1 amide bonds. The number of fused-ring (bicyclic) bond motifs is 8. The number of aliphatic hydroxyl groups excluding tert-OH is 1. The average Bonchev–Trinajstić information content (AvgIpc) is 3.19. The zero-order valence-corrected chi connectivity index (χ0v) is 33.5. The molecule has 4 aromatic rings. The Kier molecular flexibility index (Phi) is 12.1. The molecular formula is C47H61N3O6. The molecule has 8 rings (SSSR count). The lowest BCUT2D eigenvalue weighted by molar-refractivity contribution is -0.141.